The fraction of sp³-hybridized carbons (Fsp3) is 0.250. The van der Waals surface area contributed by atoms with E-state index in [0.29, 0.717) is 10.8 Å². The number of methoxy groups -OCH3 is 1. The van der Waals surface area contributed by atoms with Gasteiger partial charge in [-0.2, -0.15) is 4.98 Å². The first-order valence-corrected chi connectivity index (χ1v) is 9.29. The Labute approximate surface area is 176 Å². The van der Waals surface area contributed by atoms with Gasteiger partial charge in [0.1, 0.15) is 11.3 Å². The fourth-order valence-electron chi connectivity index (χ4n) is 2.84. The number of rotatable bonds is 7. The van der Waals surface area contributed by atoms with Crippen molar-refractivity contribution in [2.45, 2.75) is 26.7 Å². The fourth-order valence-corrected chi connectivity index (χ4v) is 2.96. The minimum atomic E-state index is -0.781. The summed E-state index contributed by atoms with van der Waals surface area (Å²) >= 11 is 5.86. The zero-order valence-electron chi connectivity index (χ0n) is 16.4. The summed E-state index contributed by atoms with van der Waals surface area (Å²) in [7, 11) is 1.17. The number of aromatic nitrogens is 2. The quantitative estimate of drug-likeness (QED) is 0.441. The number of hydrogen-bond donors (Lipinski definition) is 1. The number of amides is 1. The number of ether oxygens (including phenoxy) is 1. The second kappa shape index (κ2) is 8.91. The van der Waals surface area contributed by atoms with Gasteiger partial charge in [-0.1, -0.05) is 16.8 Å². The lowest BCUT2D eigenvalue weighted by Crippen LogP contribution is -2.16. The Morgan fingerprint density at radius 1 is 1.17 bits per heavy atom. The predicted molar refractivity (Wildman–Crippen MR) is 106 cm³/mol. The van der Waals surface area contributed by atoms with Crippen molar-refractivity contribution >= 4 is 35.1 Å². The van der Waals surface area contributed by atoms with E-state index in [1.54, 1.807) is 24.3 Å². The lowest BCUT2D eigenvalue weighted by molar-refractivity contribution is -0.116. The van der Waals surface area contributed by atoms with Crippen LogP contribution in [0.3, 0.4) is 0 Å². The van der Waals surface area contributed by atoms with Crippen LogP contribution in [0.5, 0.6) is 0 Å². The molecule has 1 aromatic carbocycles. The van der Waals surface area contributed by atoms with Gasteiger partial charge >= 0.3 is 5.97 Å². The molecule has 0 saturated heterocycles. The molecule has 0 aliphatic heterocycles. The molecular formula is C20H18ClN3O6. The molecule has 0 unspecified atom stereocenters. The largest absolute Gasteiger partial charge is 0.465 e. The van der Waals surface area contributed by atoms with Gasteiger partial charge in [0.2, 0.25) is 23.5 Å². The summed E-state index contributed by atoms with van der Waals surface area (Å²) in [6.07, 6.45) is 0.150. The van der Waals surface area contributed by atoms with Crippen molar-refractivity contribution in [3.63, 3.8) is 0 Å². The number of benzene rings is 1. The molecule has 1 N–H and O–H groups in total. The molecule has 0 radical (unpaired) electrons. The number of hydrogen-bond acceptors (Lipinski definition) is 8. The Hall–Kier alpha value is -3.46. The zero-order chi connectivity index (χ0) is 21.8. The molecule has 9 nitrogen and oxygen atoms in total. The molecule has 2 heterocycles. The Bertz CT molecular complexity index is 1100. The number of nitrogens with one attached hydrogen (secondary N) is 1. The Kier molecular flexibility index (Phi) is 6.31. The molecule has 2 aromatic heterocycles. The summed E-state index contributed by atoms with van der Waals surface area (Å²) in [5.41, 5.74) is 0.685. The van der Waals surface area contributed by atoms with Gasteiger partial charge in [0, 0.05) is 23.4 Å². The molecule has 0 fully saturated rings. The van der Waals surface area contributed by atoms with Crippen LogP contribution in [-0.2, 0) is 16.0 Å². The topological polar surface area (TPSA) is 125 Å². The summed E-state index contributed by atoms with van der Waals surface area (Å²) < 4.78 is 15.3. The van der Waals surface area contributed by atoms with Crippen molar-refractivity contribution in [3.8, 4) is 11.4 Å². The van der Waals surface area contributed by atoms with Crippen LogP contribution in [0, 0.1) is 6.92 Å². The third kappa shape index (κ3) is 4.57. The van der Waals surface area contributed by atoms with E-state index in [2.05, 4.69) is 15.5 Å². The molecule has 0 bridgehead atoms. The molecule has 0 aliphatic carbocycles. The third-order valence-corrected chi connectivity index (χ3v) is 4.47. The highest BCUT2D eigenvalue weighted by Crippen LogP contribution is 2.28. The first kappa shape index (κ1) is 21.3. The molecule has 0 atom stereocenters. The Morgan fingerprint density at radius 2 is 1.87 bits per heavy atom. The van der Waals surface area contributed by atoms with Crippen LogP contribution in [0.2, 0.25) is 5.02 Å². The van der Waals surface area contributed by atoms with Crippen LogP contribution in [0.1, 0.15) is 45.7 Å². The van der Waals surface area contributed by atoms with Gasteiger partial charge in [-0.3, -0.25) is 14.9 Å². The van der Waals surface area contributed by atoms with E-state index >= 15 is 0 Å². The van der Waals surface area contributed by atoms with Crippen LogP contribution in [-0.4, -0.2) is 34.9 Å². The molecular weight excluding hydrogens is 414 g/mol. The standard InChI is InChI=1S/C20H18ClN3O6/c1-10(25)16-11(2)29-19(17(16)20(27)28-3)22-14(26)8-9-15-23-18(24-30-15)12-4-6-13(21)7-5-12/h4-7H,8-9H2,1-3H3,(H,22,26). The lowest BCUT2D eigenvalue weighted by Gasteiger charge is -2.04. The van der Waals surface area contributed by atoms with Gasteiger partial charge in [0.15, 0.2) is 5.78 Å². The number of carbonyl (C=O) groups is 3. The van der Waals surface area contributed by atoms with Crippen molar-refractivity contribution in [2.24, 2.45) is 0 Å². The van der Waals surface area contributed by atoms with E-state index in [0.717, 1.165) is 5.56 Å². The van der Waals surface area contributed by atoms with Crippen LogP contribution in [0.15, 0.2) is 33.2 Å². The maximum atomic E-state index is 12.3. The van der Waals surface area contributed by atoms with Crippen molar-refractivity contribution in [2.75, 3.05) is 12.4 Å². The molecule has 3 aromatic rings. The minimum absolute atomic E-state index is 0.0159. The molecule has 10 heteroatoms. The molecule has 3 rings (SSSR count). The van der Waals surface area contributed by atoms with E-state index < -0.39 is 11.9 Å². The van der Waals surface area contributed by atoms with Crippen molar-refractivity contribution in [3.05, 3.63) is 52.1 Å². The van der Waals surface area contributed by atoms with Gasteiger partial charge in [0.05, 0.1) is 12.7 Å². The number of esters is 1. The summed E-state index contributed by atoms with van der Waals surface area (Å²) in [5, 5.41) is 6.97. The number of ketones is 1. The monoisotopic (exact) mass is 431 g/mol. The normalized spacial score (nSPS) is 10.7. The van der Waals surface area contributed by atoms with Crippen LogP contribution < -0.4 is 5.32 Å². The van der Waals surface area contributed by atoms with Crippen LogP contribution in [0.4, 0.5) is 5.88 Å². The number of nitrogens with zero attached hydrogens (tertiary/aromatic N) is 2. The first-order chi connectivity index (χ1) is 14.3. The summed E-state index contributed by atoms with van der Waals surface area (Å²) in [5.74, 6) is -0.902. The third-order valence-electron chi connectivity index (χ3n) is 4.22. The van der Waals surface area contributed by atoms with Crippen LogP contribution in [0.25, 0.3) is 11.4 Å². The van der Waals surface area contributed by atoms with E-state index in [1.807, 2.05) is 0 Å². The average molecular weight is 432 g/mol. The number of aryl methyl sites for hydroxylation is 2. The maximum absolute atomic E-state index is 12.3. The molecule has 1 amide bonds. The minimum Gasteiger partial charge on any atom is -0.465 e. The van der Waals surface area contributed by atoms with E-state index in [4.69, 9.17) is 25.3 Å². The first-order valence-electron chi connectivity index (χ1n) is 8.91. The van der Waals surface area contributed by atoms with E-state index in [-0.39, 0.29) is 47.3 Å². The van der Waals surface area contributed by atoms with Crippen molar-refractivity contribution < 1.29 is 28.1 Å². The molecule has 0 aliphatic rings. The molecule has 30 heavy (non-hydrogen) atoms. The van der Waals surface area contributed by atoms with Gasteiger partial charge in [-0.25, -0.2) is 4.79 Å². The molecule has 0 saturated carbocycles. The average Bonchev–Trinajstić information content (AvgIpc) is 3.30. The van der Waals surface area contributed by atoms with Gasteiger partial charge in [-0.15, -0.1) is 0 Å². The maximum Gasteiger partial charge on any atom is 0.344 e. The number of anilines is 1. The smallest absolute Gasteiger partial charge is 0.344 e. The number of carbonyl (C=O) groups excluding carboxylic acids is 3. The SMILES string of the molecule is COC(=O)c1c(NC(=O)CCc2nc(-c3ccc(Cl)cc3)no2)oc(C)c1C(C)=O. The van der Waals surface area contributed by atoms with Gasteiger partial charge in [-0.05, 0) is 38.1 Å². The van der Waals surface area contributed by atoms with Gasteiger partial charge < -0.3 is 13.7 Å². The van der Waals surface area contributed by atoms with Gasteiger partial charge in [0.25, 0.3) is 0 Å². The number of halogens is 1. The highest BCUT2D eigenvalue weighted by molar-refractivity contribution is 6.30. The summed E-state index contributed by atoms with van der Waals surface area (Å²) in [6, 6.07) is 6.92. The summed E-state index contributed by atoms with van der Waals surface area (Å²) in [6.45, 7) is 2.82. The Balaban J connectivity index is 1.68. The van der Waals surface area contributed by atoms with E-state index in [9.17, 15) is 14.4 Å². The zero-order valence-corrected chi connectivity index (χ0v) is 17.2. The molecule has 156 valence electrons. The van der Waals surface area contributed by atoms with Crippen molar-refractivity contribution in [1.29, 1.82) is 0 Å². The second-order valence-corrected chi connectivity index (χ2v) is 6.79. The lowest BCUT2D eigenvalue weighted by atomic mass is 10.1. The summed E-state index contributed by atoms with van der Waals surface area (Å²) in [4.78, 5) is 40.5. The van der Waals surface area contributed by atoms with E-state index in [1.165, 1.54) is 21.0 Å². The Morgan fingerprint density at radius 3 is 2.50 bits per heavy atom. The number of furan rings is 1. The number of Topliss-reactive ketones (excluding diaryl/α,β-unsaturated/α-hetero) is 1. The molecule has 0 spiro atoms. The van der Waals surface area contributed by atoms with Crippen LogP contribution >= 0.6 is 11.6 Å². The predicted octanol–water partition coefficient (Wildman–Crippen LogP) is 3.85. The highest BCUT2D eigenvalue weighted by Gasteiger charge is 2.28. The van der Waals surface area contributed by atoms with Crippen molar-refractivity contribution in [1.82, 2.24) is 10.1 Å². The highest BCUT2D eigenvalue weighted by atomic mass is 35.5. The second-order valence-electron chi connectivity index (χ2n) is 6.35.